The molecular weight excluding hydrogens is 272 g/mol. The summed E-state index contributed by atoms with van der Waals surface area (Å²) in [5.74, 6) is -0.183. The molecule has 2 aromatic rings. The number of rotatable bonds is 4. The van der Waals surface area contributed by atoms with Gasteiger partial charge >= 0.3 is 0 Å². The summed E-state index contributed by atoms with van der Waals surface area (Å²) >= 11 is 0. The summed E-state index contributed by atoms with van der Waals surface area (Å²) in [4.78, 5) is 0. The molecule has 21 heavy (non-hydrogen) atoms. The lowest BCUT2D eigenvalue weighted by molar-refractivity contribution is 0.349. The third kappa shape index (κ3) is 2.90. The average molecular weight is 289 g/mol. The molecule has 0 bridgehead atoms. The van der Waals surface area contributed by atoms with Crippen LogP contribution in [0.3, 0.4) is 0 Å². The summed E-state index contributed by atoms with van der Waals surface area (Å²) in [7, 11) is 1.84. The van der Waals surface area contributed by atoms with Crippen LogP contribution in [0, 0.1) is 11.6 Å². The molecule has 1 N–H and O–H groups in total. The first-order valence-corrected chi connectivity index (χ1v) is 7.04. The molecule has 0 saturated carbocycles. The molecule has 0 fully saturated rings. The molecule has 3 rings (SSSR count). The highest BCUT2D eigenvalue weighted by Crippen LogP contribution is 2.34. The Balaban J connectivity index is 1.91. The van der Waals surface area contributed by atoms with Crippen LogP contribution in [0.15, 0.2) is 36.4 Å². The number of ether oxygens (including phenoxy) is 1. The Morgan fingerprint density at radius 2 is 1.95 bits per heavy atom. The highest BCUT2D eigenvalue weighted by Gasteiger charge is 2.21. The van der Waals surface area contributed by atoms with Gasteiger partial charge in [-0.05, 0) is 36.7 Å². The third-order valence-corrected chi connectivity index (χ3v) is 3.83. The van der Waals surface area contributed by atoms with Crippen LogP contribution >= 0.6 is 0 Å². The summed E-state index contributed by atoms with van der Waals surface area (Å²) < 4.78 is 32.3. The lowest BCUT2D eigenvalue weighted by atomic mass is 9.96. The van der Waals surface area contributed by atoms with E-state index in [1.54, 1.807) is 0 Å². The molecule has 4 heteroatoms. The Labute approximate surface area is 122 Å². The quantitative estimate of drug-likeness (QED) is 0.931. The normalized spacial score (nSPS) is 14.6. The average Bonchev–Trinajstić information content (AvgIpc) is 2.92. The van der Waals surface area contributed by atoms with E-state index in [-0.39, 0.29) is 6.04 Å². The van der Waals surface area contributed by atoms with E-state index in [1.807, 2.05) is 19.2 Å². The zero-order chi connectivity index (χ0) is 14.8. The summed E-state index contributed by atoms with van der Waals surface area (Å²) in [6.45, 7) is 0.692. The van der Waals surface area contributed by atoms with Gasteiger partial charge in [-0.1, -0.05) is 18.2 Å². The summed E-state index contributed by atoms with van der Waals surface area (Å²) in [5.41, 5.74) is 2.86. The molecule has 0 saturated heterocycles. The minimum Gasteiger partial charge on any atom is -0.493 e. The van der Waals surface area contributed by atoms with Crippen molar-refractivity contribution in [2.75, 3.05) is 13.7 Å². The predicted octanol–water partition coefficient (Wildman–Crippen LogP) is 3.40. The zero-order valence-corrected chi connectivity index (χ0v) is 11.8. The van der Waals surface area contributed by atoms with Gasteiger partial charge < -0.3 is 10.1 Å². The maximum absolute atomic E-state index is 13.3. The maximum Gasteiger partial charge on any atom is 0.127 e. The fraction of sp³-hybridized carbons (Fsp3) is 0.294. The largest absolute Gasteiger partial charge is 0.493 e. The molecule has 0 spiro atoms. The number of fused-ring (bicyclic) bond motifs is 1. The highest BCUT2D eigenvalue weighted by atomic mass is 19.1. The Kier molecular flexibility index (Phi) is 3.88. The van der Waals surface area contributed by atoms with E-state index in [4.69, 9.17) is 4.74 Å². The van der Waals surface area contributed by atoms with Gasteiger partial charge in [-0.2, -0.15) is 0 Å². The third-order valence-electron chi connectivity index (χ3n) is 3.83. The van der Waals surface area contributed by atoms with Crippen molar-refractivity contribution in [3.63, 3.8) is 0 Å². The van der Waals surface area contributed by atoms with E-state index in [1.165, 1.54) is 17.7 Å². The molecule has 0 radical (unpaired) electrons. The minimum atomic E-state index is -0.547. The molecule has 2 nitrogen and oxygen atoms in total. The summed E-state index contributed by atoms with van der Waals surface area (Å²) in [5, 5.41) is 3.21. The second kappa shape index (κ2) is 5.82. The second-order valence-electron chi connectivity index (χ2n) is 5.26. The first-order chi connectivity index (χ1) is 10.2. The molecule has 110 valence electrons. The Hall–Kier alpha value is -1.94. The molecule has 1 unspecified atom stereocenters. The lowest BCUT2D eigenvalue weighted by Crippen LogP contribution is -2.19. The molecule has 0 aromatic heterocycles. The van der Waals surface area contributed by atoms with Crippen LogP contribution in [0.2, 0.25) is 0 Å². The number of hydrogen-bond acceptors (Lipinski definition) is 2. The van der Waals surface area contributed by atoms with Crippen LogP contribution < -0.4 is 10.1 Å². The molecule has 2 aromatic carbocycles. The number of halogens is 2. The Bertz CT molecular complexity index is 637. The molecule has 1 heterocycles. The first-order valence-electron chi connectivity index (χ1n) is 7.04. The van der Waals surface area contributed by atoms with Crippen molar-refractivity contribution in [2.45, 2.75) is 18.9 Å². The fourth-order valence-corrected chi connectivity index (χ4v) is 2.85. The second-order valence-corrected chi connectivity index (χ2v) is 5.26. The molecular formula is C17H17F2NO. The zero-order valence-electron chi connectivity index (χ0n) is 11.8. The molecule has 1 aliphatic rings. The van der Waals surface area contributed by atoms with Crippen molar-refractivity contribution in [3.8, 4) is 5.75 Å². The number of likely N-dealkylation sites (N-methyl/N-ethyl adjacent to an activating group) is 1. The van der Waals surface area contributed by atoms with E-state index >= 15 is 0 Å². The Morgan fingerprint density at radius 1 is 1.19 bits per heavy atom. The summed E-state index contributed by atoms with van der Waals surface area (Å²) in [6.07, 6.45) is 1.42. The van der Waals surface area contributed by atoms with Crippen LogP contribution in [0.25, 0.3) is 0 Å². The van der Waals surface area contributed by atoms with Crippen molar-refractivity contribution in [2.24, 2.45) is 0 Å². The summed E-state index contributed by atoms with van der Waals surface area (Å²) in [6, 6.07) is 9.65. The van der Waals surface area contributed by atoms with E-state index in [2.05, 4.69) is 11.4 Å². The molecule has 0 aliphatic carbocycles. The minimum absolute atomic E-state index is 0.0424. The van der Waals surface area contributed by atoms with Crippen molar-refractivity contribution < 1.29 is 13.5 Å². The van der Waals surface area contributed by atoms with Crippen molar-refractivity contribution >= 4 is 0 Å². The van der Waals surface area contributed by atoms with Crippen molar-refractivity contribution in [1.82, 2.24) is 5.32 Å². The number of nitrogens with one attached hydrogen (secondary N) is 1. The van der Waals surface area contributed by atoms with Crippen LogP contribution in [-0.4, -0.2) is 13.7 Å². The SMILES string of the molecule is CNC(Cc1cc(F)cc(F)c1)c1cccc2c1OCC2. The molecule has 0 amide bonds. The maximum atomic E-state index is 13.3. The van der Waals surface area contributed by atoms with Gasteiger partial charge in [-0.25, -0.2) is 8.78 Å². The first kappa shape index (κ1) is 14.0. The van der Waals surface area contributed by atoms with Gasteiger partial charge in [0.25, 0.3) is 0 Å². The van der Waals surface area contributed by atoms with Crippen LogP contribution in [-0.2, 0) is 12.8 Å². The predicted molar refractivity (Wildman–Crippen MR) is 77.5 cm³/mol. The molecule has 1 atom stereocenters. The van der Waals surface area contributed by atoms with Gasteiger partial charge in [-0.3, -0.25) is 0 Å². The fourth-order valence-electron chi connectivity index (χ4n) is 2.85. The van der Waals surface area contributed by atoms with E-state index < -0.39 is 11.6 Å². The Morgan fingerprint density at radius 3 is 2.67 bits per heavy atom. The number of hydrogen-bond donors (Lipinski definition) is 1. The van der Waals surface area contributed by atoms with Gasteiger partial charge in [0.2, 0.25) is 0 Å². The van der Waals surface area contributed by atoms with Gasteiger partial charge in [0.1, 0.15) is 17.4 Å². The highest BCUT2D eigenvalue weighted by molar-refractivity contribution is 5.46. The van der Waals surface area contributed by atoms with Gasteiger partial charge in [-0.15, -0.1) is 0 Å². The standard InChI is InChI=1S/C17H17F2NO/c1-20-16(9-11-7-13(18)10-14(19)8-11)15-4-2-3-12-5-6-21-17(12)15/h2-4,7-8,10,16,20H,5-6,9H2,1H3. The molecule has 1 aliphatic heterocycles. The monoisotopic (exact) mass is 289 g/mol. The topological polar surface area (TPSA) is 21.3 Å². The van der Waals surface area contributed by atoms with Crippen LogP contribution in [0.5, 0.6) is 5.75 Å². The van der Waals surface area contributed by atoms with Crippen LogP contribution in [0.4, 0.5) is 8.78 Å². The van der Waals surface area contributed by atoms with Gasteiger partial charge in [0.05, 0.1) is 6.61 Å². The van der Waals surface area contributed by atoms with Crippen molar-refractivity contribution in [3.05, 3.63) is 64.7 Å². The lowest BCUT2D eigenvalue weighted by Gasteiger charge is -2.19. The van der Waals surface area contributed by atoms with Gasteiger partial charge in [0.15, 0.2) is 0 Å². The van der Waals surface area contributed by atoms with Crippen molar-refractivity contribution in [1.29, 1.82) is 0 Å². The number of benzene rings is 2. The van der Waals surface area contributed by atoms with Gasteiger partial charge in [0, 0.05) is 24.1 Å². The van der Waals surface area contributed by atoms with E-state index in [9.17, 15) is 8.78 Å². The van der Waals surface area contributed by atoms with E-state index in [0.29, 0.717) is 18.6 Å². The van der Waals surface area contributed by atoms with Crippen LogP contribution in [0.1, 0.15) is 22.7 Å². The van der Waals surface area contributed by atoms with E-state index in [0.717, 1.165) is 23.8 Å². The smallest absolute Gasteiger partial charge is 0.127 e. The number of para-hydroxylation sites is 1.